The molecule has 1 aliphatic rings. The molecule has 2 N–H and O–H groups in total. The van der Waals surface area contributed by atoms with Gasteiger partial charge in [-0.3, -0.25) is 4.90 Å². The maximum Gasteiger partial charge on any atom is 0.332 e. The number of carboxylic acid groups (broad SMARTS) is 1. The smallest absolute Gasteiger partial charge is 0.332 e. The number of aliphatic hydroxyl groups is 1. The molecule has 0 bridgehead atoms. The summed E-state index contributed by atoms with van der Waals surface area (Å²) < 4.78 is 0.854. The van der Waals surface area contributed by atoms with Gasteiger partial charge in [-0.25, -0.2) is 9.59 Å². The van der Waals surface area contributed by atoms with Crippen LogP contribution < -0.4 is 4.90 Å². The van der Waals surface area contributed by atoms with Crippen molar-refractivity contribution in [2.45, 2.75) is 12.6 Å². The molecule has 1 heterocycles. The van der Waals surface area contributed by atoms with E-state index in [1.807, 2.05) is 0 Å². The van der Waals surface area contributed by atoms with Crippen LogP contribution in [-0.2, 0) is 11.3 Å². The van der Waals surface area contributed by atoms with Gasteiger partial charge in [-0.05, 0) is 42.0 Å². The van der Waals surface area contributed by atoms with Crippen LogP contribution in [0.3, 0.4) is 0 Å². The van der Waals surface area contributed by atoms with Crippen molar-refractivity contribution in [1.82, 2.24) is 4.90 Å². The fraction of sp³-hybridized carbons (Fsp3) is 0.263. The summed E-state index contributed by atoms with van der Waals surface area (Å²) in [4.78, 5) is 27.3. The molecule has 0 saturated carbocycles. The number of carbonyl (C=O) groups is 2. The second-order valence-electron chi connectivity index (χ2n) is 6.53. The van der Waals surface area contributed by atoms with Crippen molar-refractivity contribution >= 4 is 56.8 Å². The van der Waals surface area contributed by atoms with E-state index in [1.165, 1.54) is 9.80 Å². The minimum absolute atomic E-state index is 0.0955. The van der Waals surface area contributed by atoms with E-state index in [4.69, 9.17) is 23.2 Å². The summed E-state index contributed by atoms with van der Waals surface area (Å²) in [6.45, 7) is 0.363. The summed E-state index contributed by atoms with van der Waals surface area (Å²) in [5, 5.41) is 20.2. The normalized spacial score (nSPS) is 18.3. The molecule has 0 radical (unpaired) electrons. The monoisotopic (exact) mass is 486 g/mol. The minimum atomic E-state index is -1.59. The number of aliphatic carboxylic acids is 1. The molecule has 148 valence electrons. The summed E-state index contributed by atoms with van der Waals surface area (Å²) >= 11 is 15.5. The molecule has 2 atom stereocenters. The minimum Gasteiger partial charge on any atom is -0.479 e. The first kappa shape index (κ1) is 20.9. The summed E-state index contributed by atoms with van der Waals surface area (Å²) in [6, 6.07) is 11.8. The predicted octanol–water partition coefficient (Wildman–Crippen LogP) is 4.26. The highest BCUT2D eigenvalue weighted by Gasteiger charge is 2.38. The Morgan fingerprint density at radius 3 is 2.46 bits per heavy atom. The standard InChI is InChI=1S/C19H17BrCl2N2O4/c20-13-2-5-15(6-3-13)24-10-12(17(25)18(26)27)9-23(19(24)28)8-11-1-4-14(21)7-16(11)22/h1-7,12,17,25H,8-10H2,(H,26,27). The van der Waals surface area contributed by atoms with E-state index in [1.54, 1.807) is 42.5 Å². The Balaban J connectivity index is 1.91. The average Bonchev–Trinajstić information content (AvgIpc) is 2.65. The largest absolute Gasteiger partial charge is 0.479 e. The van der Waals surface area contributed by atoms with Gasteiger partial charge in [0.1, 0.15) is 0 Å². The summed E-state index contributed by atoms with van der Waals surface area (Å²) in [6.07, 6.45) is -1.59. The zero-order valence-electron chi connectivity index (χ0n) is 14.6. The Kier molecular flexibility index (Phi) is 6.50. The number of aliphatic hydroxyl groups excluding tert-OH is 1. The lowest BCUT2D eigenvalue weighted by Crippen LogP contribution is -2.57. The van der Waals surface area contributed by atoms with Gasteiger partial charge in [-0.2, -0.15) is 0 Å². The van der Waals surface area contributed by atoms with Crippen LogP contribution in [0.15, 0.2) is 46.9 Å². The van der Waals surface area contributed by atoms with E-state index < -0.39 is 18.0 Å². The molecule has 0 spiro atoms. The zero-order chi connectivity index (χ0) is 20.4. The van der Waals surface area contributed by atoms with Crippen LogP contribution in [0.4, 0.5) is 10.5 Å². The van der Waals surface area contributed by atoms with Crippen molar-refractivity contribution in [3.63, 3.8) is 0 Å². The fourth-order valence-electron chi connectivity index (χ4n) is 3.13. The summed E-state index contributed by atoms with van der Waals surface area (Å²) in [5.74, 6) is -1.98. The first-order valence-corrected chi connectivity index (χ1v) is 9.98. The lowest BCUT2D eigenvalue weighted by atomic mass is 9.98. The number of nitrogens with zero attached hydrogens (tertiary/aromatic N) is 2. The SMILES string of the molecule is O=C(O)C(O)C1CN(Cc2ccc(Cl)cc2Cl)C(=O)N(c2ccc(Br)cc2)C1. The van der Waals surface area contributed by atoms with E-state index in [9.17, 15) is 19.8 Å². The Morgan fingerprint density at radius 1 is 1.18 bits per heavy atom. The highest BCUT2D eigenvalue weighted by Crippen LogP contribution is 2.29. The number of amides is 2. The molecule has 6 nitrogen and oxygen atoms in total. The van der Waals surface area contributed by atoms with Crippen molar-refractivity contribution in [3.05, 3.63) is 62.5 Å². The maximum atomic E-state index is 13.1. The topological polar surface area (TPSA) is 81.1 Å². The van der Waals surface area contributed by atoms with E-state index in [2.05, 4.69) is 15.9 Å². The molecule has 2 unspecified atom stereocenters. The molecular formula is C19H17BrCl2N2O4. The van der Waals surface area contributed by atoms with Gasteiger partial charge in [0.15, 0.2) is 6.10 Å². The lowest BCUT2D eigenvalue weighted by molar-refractivity contribution is -0.150. The van der Waals surface area contributed by atoms with Crippen molar-refractivity contribution in [3.8, 4) is 0 Å². The third kappa shape index (κ3) is 4.60. The van der Waals surface area contributed by atoms with Gasteiger partial charge >= 0.3 is 12.0 Å². The van der Waals surface area contributed by atoms with Crippen LogP contribution in [0.25, 0.3) is 0 Å². The Bertz CT molecular complexity index is 894. The molecule has 1 fully saturated rings. The van der Waals surface area contributed by atoms with Gasteiger partial charge in [0.2, 0.25) is 0 Å². The number of benzene rings is 2. The van der Waals surface area contributed by atoms with Crippen molar-refractivity contribution < 1.29 is 19.8 Å². The first-order chi connectivity index (χ1) is 13.3. The third-order valence-corrected chi connectivity index (χ3v) is 5.70. The predicted molar refractivity (Wildman–Crippen MR) is 111 cm³/mol. The van der Waals surface area contributed by atoms with Crippen LogP contribution in [0.2, 0.25) is 10.0 Å². The highest BCUT2D eigenvalue weighted by atomic mass is 79.9. The Labute approximate surface area is 180 Å². The van der Waals surface area contributed by atoms with E-state index >= 15 is 0 Å². The number of rotatable bonds is 5. The van der Waals surface area contributed by atoms with E-state index in [0.29, 0.717) is 21.3 Å². The highest BCUT2D eigenvalue weighted by molar-refractivity contribution is 9.10. The molecule has 9 heteroatoms. The quantitative estimate of drug-likeness (QED) is 0.660. The molecule has 3 rings (SSSR count). The van der Waals surface area contributed by atoms with Crippen LogP contribution in [-0.4, -0.2) is 46.3 Å². The number of anilines is 1. The van der Waals surface area contributed by atoms with Gasteiger partial charge in [0.25, 0.3) is 0 Å². The van der Waals surface area contributed by atoms with Crippen LogP contribution in [0, 0.1) is 5.92 Å². The van der Waals surface area contributed by atoms with Gasteiger partial charge in [-0.1, -0.05) is 45.2 Å². The molecule has 1 aliphatic heterocycles. The Hall–Kier alpha value is -1.80. The number of halogens is 3. The van der Waals surface area contributed by atoms with Crippen molar-refractivity contribution in [2.24, 2.45) is 5.92 Å². The van der Waals surface area contributed by atoms with Crippen LogP contribution in [0.1, 0.15) is 5.56 Å². The maximum absolute atomic E-state index is 13.1. The second-order valence-corrected chi connectivity index (χ2v) is 8.29. The van der Waals surface area contributed by atoms with E-state index in [-0.39, 0.29) is 25.7 Å². The average molecular weight is 488 g/mol. The van der Waals surface area contributed by atoms with Crippen LogP contribution >= 0.6 is 39.1 Å². The van der Waals surface area contributed by atoms with Gasteiger partial charge in [0.05, 0.1) is 0 Å². The molecule has 2 amide bonds. The molecular weight excluding hydrogens is 471 g/mol. The molecule has 2 aromatic rings. The lowest BCUT2D eigenvalue weighted by Gasteiger charge is -2.41. The van der Waals surface area contributed by atoms with Gasteiger partial charge in [-0.15, -0.1) is 0 Å². The second kappa shape index (κ2) is 8.69. The Morgan fingerprint density at radius 2 is 1.86 bits per heavy atom. The number of hydrogen-bond donors (Lipinski definition) is 2. The number of carboxylic acids is 1. The fourth-order valence-corrected chi connectivity index (χ4v) is 3.86. The number of urea groups is 1. The molecule has 0 aromatic heterocycles. The number of hydrogen-bond acceptors (Lipinski definition) is 3. The third-order valence-electron chi connectivity index (χ3n) is 4.59. The molecule has 28 heavy (non-hydrogen) atoms. The van der Waals surface area contributed by atoms with Crippen molar-refractivity contribution in [2.75, 3.05) is 18.0 Å². The molecule has 1 saturated heterocycles. The molecule has 0 aliphatic carbocycles. The molecule has 2 aromatic carbocycles. The van der Waals surface area contributed by atoms with E-state index in [0.717, 1.165) is 4.47 Å². The zero-order valence-corrected chi connectivity index (χ0v) is 17.7. The van der Waals surface area contributed by atoms with Crippen molar-refractivity contribution in [1.29, 1.82) is 0 Å². The summed E-state index contributed by atoms with van der Waals surface area (Å²) in [5.41, 5.74) is 1.29. The summed E-state index contributed by atoms with van der Waals surface area (Å²) in [7, 11) is 0. The van der Waals surface area contributed by atoms with Crippen LogP contribution in [0.5, 0.6) is 0 Å². The van der Waals surface area contributed by atoms with Gasteiger partial charge in [0, 0.05) is 45.8 Å². The first-order valence-electron chi connectivity index (χ1n) is 8.43. The van der Waals surface area contributed by atoms with Gasteiger partial charge < -0.3 is 15.1 Å². The number of carbonyl (C=O) groups excluding carboxylic acids is 1.